The van der Waals surface area contributed by atoms with Crippen LogP contribution in [0.1, 0.15) is 26.4 Å². The average Bonchev–Trinajstić information content (AvgIpc) is 2.49. The first-order valence-corrected chi connectivity index (χ1v) is 7.02. The highest BCUT2D eigenvalue weighted by molar-refractivity contribution is 6.31. The molecule has 114 valence electrons. The van der Waals surface area contributed by atoms with Gasteiger partial charge in [-0.15, -0.1) is 0 Å². The van der Waals surface area contributed by atoms with E-state index in [4.69, 9.17) is 11.6 Å². The number of hydrogen-bond acceptors (Lipinski definition) is 3. The average molecular weight is 318 g/mol. The van der Waals surface area contributed by atoms with Crippen LogP contribution in [0.15, 0.2) is 36.4 Å². The molecule has 2 amide bonds. The molecule has 5 nitrogen and oxygen atoms in total. The van der Waals surface area contributed by atoms with Crippen molar-refractivity contribution in [3.63, 3.8) is 0 Å². The van der Waals surface area contributed by atoms with Crippen LogP contribution in [0.2, 0.25) is 5.02 Å². The van der Waals surface area contributed by atoms with Crippen LogP contribution in [0, 0.1) is 6.92 Å². The van der Waals surface area contributed by atoms with Crippen molar-refractivity contribution in [2.45, 2.75) is 6.92 Å². The fraction of sp³-hybridized carbons (Fsp3) is 0.188. The van der Waals surface area contributed by atoms with Crippen LogP contribution in [0.5, 0.6) is 0 Å². The molecule has 0 fully saturated rings. The van der Waals surface area contributed by atoms with Crippen molar-refractivity contribution in [3.05, 3.63) is 58.2 Å². The van der Waals surface area contributed by atoms with Gasteiger partial charge in [0.2, 0.25) is 0 Å². The van der Waals surface area contributed by atoms with E-state index in [9.17, 15) is 9.59 Å². The molecule has 0 spiro atoms. The van der Waals surface area contributed by atoms with Gasteiger partial charge in [-0.05, 0) is 36.8 Å². The molecule has 1 aromatic carbocycles. The monoisotopic (exact) mass is 317 g/mol. The van der Waals surface area contributed by atoms with Crippen molar-refractivity contribution in [3.8, 4) is 0 Å². The number of nitrogens with zero attached hydrogens (tertiary/aromatic N) is 2. The minimum absolute atomic E-state index is 0.227. The molecule has 1 aromatic heterocycles. The van der Waals surface area contributed by atoms with E-state index in [-0.39, 0.29) is 17.5 Å². The predicted octanol–water partition coefficient (Wildman–Crippen LogP) is 3.00. The van der Waals surface area contributed by atoms with E-state index in [2.05, 4.69) is 10.3 Å². The molecule has 1 heterocycles. The molecule has 2 rings (SSSR count). The molecule has 0 aliphatic heterocycles. The SMILES string of the molecule is Cc1ccc(C(=O)Nc2cccc(C(=O)N(C)C)n2)cc1Cl. The topological polar surface area (TPSA) is 62.3 Å². The van der Waals surface area contributed by atoms with E-state index in [0.717, 1.165) is 5.56 Å². The summed E-state index contributed by atoms with van der Waals surface area (Å²) in [6.45, 7) is 1.86. The molecule has 0 unspecified atom stereocenters. The highest BCUT2D eigenvalue weighted by atomic mass is 35.5. The maximum absolute atomic E-state index is 12.2. The number of anilines is 1. The van der Waals surface area contributed by atoms with Gasteiger partial charge in [0, 0.05) is 24.7 Å². The van der Waals surface area contributed by atoms with E-state index in [1.54, 1.807) is 50.5 Å². The number of pyridine rings is 1. The Kier molecular flexibility index (Phi) is 4.78. The minimum atomic E-state index is -0.330. The fourth-order valence-electron chi connectivity index (χ4n) is 1.78. The first-order valence-electron chi connectivity index (χ1n) is 6.64. The molecule has 0 saturated heterocycles. The van der Waals surface area contributed by atoms with Crippen molar-refractivity contribution in [1.29, 1.82) is 0 Å². The Morgan fingerprint density at radius 2 is 1.91 bits per heavy atom. The van der Waals surface area contributed by atoms with Crippen LogP contribution in [0.3, 0.4) is 0 Å². The van der Waals surface area contributed by atoms with E-state index < -0.39 is 0 Å². The van der Waals surface area contributed by atoms with E-state index in [1.165, 1.54) is 4.90 Å². The number of hydrogen-bond donors (Lipinski definition) is 1. The molecule has 0 bridgehead atoms. The summed E-state index contributed by atoms with van der Waals surface area (Å²) in [5.74, 6) is -0.243. The smallest absolute Gasteiger partial charge is 0.272 e. The van der Waals surface area contributed by atoms with Crippen molar-refractivity contribution >= 4 is 29.2 Å². The summed E-state index contributed by atoms with van der Waals surface area (Å²) in [4.78, 5) is 29.6. The van der Waals surface area contributed by atoms with Gasteiger partial charge in [0.15, 0.2) is 0 Å². The largest absolute Gasteiger partial charge is 0.343 e. The molecule has 0 aliphatic carbocycles. The number of aromatic nitrogens is 1. The first-order chi connectivity index (χ1) is 10.4. The lowest BCUT2D eigenvalue weighted by molar-refractivity contribution is 0.0821. The van der Waals surface area contributed by atoms with E-state index in [1.807, 2.05) is 6.92 Å². The first kappa shape index (κ1) is 16.0. The number of nitrogens with one attached hydrogen (secondary N) is 1. The van der Waals surface area contributed by atoms with Crippen LogP contribution in [-0.4, -0.2) is 35.8 Å². The molecule has 22 heavy (non-hydrogen) atoms. The van der Waals surface area contributed by atoms with Crippen LogP contribution >= 0.6 is 11.6 Å². The molecule has 0 aliphatic rings. The van der Waals surface area contributed by atoms with Gasteiger partial charge in [0.1, 0.15) is 11.5 Å². The van der Waals surface area contributed by atoms with Crippen LogP contribution in [-0.2, 0) is 0 Å². The molecule has 0 atom stereocenters. The molecular weight excluding hydrogens is 302 g/mol. The zero-order valence-electron chi connectivity index (χ0n) is 12.6. The Balaban J connectivity index is 2.19. The lowest BCUT2D eigenvalue weighted by Gasteiger charge is -2.11. The Labute approximate surface area is 133 Å². The second kappa shape index (κ2) is 6.58. The van der Waals surface area contributed by atoms with Crippen molar-refractivity contribution in [2.24, 2.45) is 0 Å². The maximum Gasteiger partial charge on any atom is 0.272 e. The molecule has 1 N–H and O–H groups in total. The summed E-state index contributed by atoms with van der Waals surface area (Å²) in [5, 5.41) is 3.18. The van der Waals surface area contributed by atoms with E-state index in [0.29, 0.717) is 16.4 Å². The van der Waals surface area contributed by atoms with Gasteiger partial charge in [0.25, 0.3) is 11.8 Å². The summed E-state index contributed by atoms with van der Waals surface area (Å²) >= 11 is 6.02. The van der Waals surface area contributed by atoms with Gasteiger partial charge in [-0.25, -0.2) is 4.98 Å². The highest BCUT2D eigenvalue weighted by Crippen LogP contribution is 2.17. The molecule has 6 heteroatoms. The molecule has 0 radical (unpaired) electrons. The van der Waals surface area contributed by atoms with Gasteiger partial charge in [-0.3, -0.25) is 9.59 Å². The third-order valence-electron chi connectivity index (χ3n) is 3.05. The summed E-state index contributed by atoms with van der Waals surface area (Å²) in [6, 6.07) is 9.95. The number of benzene rings is 1. The number of carbonyl (C=O) groups is 2. The summed E-state index contributed by atoms with van der Waals surface area (Å²) in [7, 11) is 3.28. The van der Waals surface area contributed by atoms with Gasteiger partial charge in [0.05, 0.1) is 0 Å². The number of aryl methyl sites for hydroxylation is 1. The maximum atomic E-state index is 12.2. The second-order valence-corrected chi connectivity index (χ2v) is 5.43. The number of halogens is 1. The number of carbonyl (C=O) groups excluding carboxylic acids is 2. The summed E-state index contributed by atoms with van der Waals surface area (Å²) in [5.41, 5.74) is 1.60. The highest BCUT2D eigenvalue weighted by Gasteiger charge is 2.12. The molecule has 2 aromatic rings. The Hall–Kier alpha value is -2.40. The predicted molar refractivity (Wildman–Crippen MR) is 86.4 cm³/mol. The quantitative estimate of drug-likeness (QED) is 0.946. The standard InChI is InChI=1S/C16H16ClN3O2/c1-10-7-8-11(9-12(10)17)15(21)19-14-6-4-5-13(18-14)16(22)20(2)3/h4-9H,1-3H3,(H,18,19,21). The molecular formula is C16H16ClN3O2. The second-order valence-electron chi connectivity index (χ2n) is 5.03. The Morgan fingerprint density at radius 1 is 1.18 bits per heavy atom. The minimum Gasteiger partial charge on any atom is -0.343 e. The van der Waals surface area contributed by atoms with Crippen molar-refractivity contribution in [1.82, 2.24) is 9.88 Å². The Bertz CT molecular complexity index is 729. The van der Waals surface area contributed by atoms with Gasteiger partial charge < -0.3 is 10.2 Å². The number of rotatable bonds is 3. The lowest BCUT2D eigenvalue weighted by Crippen LogP contribution is -2.23. The van der Waals surface area contributed by atoms with Gasteiger partial charge in [-0.2, -0.15) is 0 Å². The normalized spacial score (nSPS) is 10.2. The van der Waals surface area contributed by atoms with Crippen molar-refractivity contribution < 1.29 is 9.59 Å². The fourth-order valence-corrected chi connectivity index (χ4v) is 1.96. The zero-order chi connectivity index (χ0) is 16.3. The molecule has 0 saturated carbocycles. The zero-order valence-corrected chi connectivity index (χ0v) is 13.3. The van der Waals surface area contributed by atoms with Gasteiger partial charge >= 0.3 is 0 Å². The van der Waals surface area contributed by atoms with Crippen LogP contribution in [0.4, 0.5) is 5.82 Å². The lowest BCUT2D eigenvalue weighted by atomic mass is 10.1. The van der Waals surface area contributed by atoms with Crippen molar-refractivity contribution in [2.75, 3.05) is 19.4 Å². The third kappa shape index (κ3) is 3.62. The van der Waals surface area contributed by atoms with E-state index >= 15 is 0 Å². The number of amides is 2. The third-order valence-corrected chi connectivity index (χ3v) is 3.46. The summed E-state index contributed by atoms with van der Waals surface area (Å²) < 4.78 is 0. The van der Waals surface area contributed by atoms with Crippen LogP contribution < -0.4 is 5.32 Å². The Morgan fingerprint density at radius 3 is 2.55 bits per heavy atom. The van der Waals surface area contributed by atoms with Gasteiger partial charge in [-0.1, -0.05) is 23.7 Å². The summed E-state index contributed by atoms with van der Waals surface area (Å²) in [6.07, 6.45) is 0. The van der Waals surface area contributed by atoms with Crippen LogP contribution in [0.25, 0.3) is 0 Å².